The normalized spacial score (nSPS) is 14.5. The lowest BCUT2D eigenvalue weighted by Gasteiger charge is -2.35. The van der Waals surface area contributed by atoms with E-state index >= 15 is 0 Å². The molecule has 1 heterocycles. The number of phenolic OH excluding ortho intramolecular Hbond substituents is 1. The molecule has 0 atom stereocenters. The van der Waals surface area contributed by atoms with Gasteiger partial charge in [0.1, 0.15) is 17.4 Å². The molecule has 0 radical (unpaired) electrons. The van der Waals surface area contributed by atoms with E-state index in [-0.39, 0.29) is 36.2 Å². The highest BCUT2D eigenvalue weighted by molar-refractivity contribution is 5.96. The van der Waals surface area contributed by atoms with Crippen molar-refractivity contribution >= 4 is 11.8 Å². The molecule has 5 nitrogen and oxygen atoms in total. The molecular formula is C21H22F2N2O3. The molecule has 1 fully saturated rings. The molecule has 0 bridgehead atoms. The summed E-state index contributed by atoms with van der Waals surface area (Å²) in [6, 6.07) is 7.65. The number of aromatic hydroxyl groups is 1. The van der Waals surface area contributed by atoms with Crippen LogP contribution >= 0.6 is 0 Å². The lowest BCUT2D eigenvalue weighted by atomic mass is 9.99. The smallest absolute Gasteiger partial charge is 0.256 e. The van der Waals surface area contributed by atoms with Crippen molar-refractivity contribution in [2.24, 2.45) is 0 Å². The van der Waals surface area contributed by atoms with Crippen molar-refractivity contribution in [3.63, 3.8) is 0 Å². The van der Waals surface area contributed by atoms with Gasteiger partial charge in [-0.05, 0) is 41.8 Å². The van der Waals surface area contributed by atoms with Gasteiger partial charge in [-0.15, -0.1) is 0 Å². The maximum atomic E-state index is 13.8. The second-order valence-electron chi connectivity index (χ2n) is 7.14. The van der Waals surface area contributed by atoms with E-state index in [9.17, 15) is 23.5 Å². The van der Waals surface area contributed by atoms with E-state index in [1.807, 2.05) is 13.8 Å². The molecule has 0 unspecified atom stereocenters. The average Bonchev–Trinajstić information content (AvgIpc) is 2.67. The lowest BCUT2D eigenvalue weighted by Crippen LogP contribution is -2.50. The van der Waals surface area contributed by atoms with Gasteiger partial charge in [0.25, 0.3) is 11.8 Å². The van der Waals surface area contributed by atoms with Crippen LogP contribution in [0.5, 0.6) is 5.75 Å². The van der Waals surface area contributed by atoms with E-state index in [0.29, 0.717) is 30.3 Å². The van der Waals surface area contributed by atoms with Gasteiger partial charge < -0.3 is 14.9 Å². The summed E-state index contributed by atoms with van der Waals surface area (Å²) < 4.78 is 26.9. The summed E-state index contributed by atoms with van der Waals surface area (Å²) in [5.74, 6) is -2.10. The van der Waals surface area contributed by atoms with Crippen LogP contribution in [0.15, 0.2) is 36.4 Å². The molecule has 3 rings (SSSR count). The number of phenols is 1. The number of rotatable bonds is 3. The fourth-order valence-corrected chi connectivity index (χ4v) is 3.28. The average molecular weight is 388 g/mol. The lowest BCUT2D eigenvalue weighted by molar-refractivity contribution is 0.0532. The van der Waals surface area contributed by atoms with Gasteiger partial charge in [-0.2, -0.15) is 0 Å². The number of halogens is 2. The Bertz CT molecular complexity index is 907. The summed E-state index contributed by atoms with van der Waals surface area (Å²) in [6.07, 6.45) is 0. The Labute approximate surface area is 162 Å². The third kappa shape index (κ3) is 3.98. The molecule has 1 saturated heterocycles. The van der Waals surface area contributed by atoms with Crippen molar-refractivity contribution in [2.75, 3.05) is 26.2 Å². The number of nitrogens with zero attached hydrogens (tertiary/aromatic N) is 2. The first-order valence-electron chi connectivity index (χ1n) is 9.14. The first-order chi connectivity index (χ1) is 13.3. The van der Waals surface area contributed by atoms with Gasteiger partial charge >= 0.3 is 0 Å². The van der Waals surface area contributed by atoms with Crippen LogP contribution in [0, 0.1) is 11.6 Å². The third-order valence-corrected chi connectivity index (χ3v) is 4.91. The monoisotopic (exact) mass is 388 g/mol. The zero-order valence-corrected chi connectivity index (χ0v) is 15.8. The third-order valence-electron chi connectivity index (χ3n) is 4.91. The minimum Gasteiger partial charge on any atom is -0.508 e. The van der Waals surface area contributed by atoms with Gasteiger partial charge in [-0.3, -0.25) is 9.59 Å². The van der Waals surface area contributed by atoms with Crippen molar-refractivity contribution in [3.8, 4) is 5.75 Å². The molecular weight excluding hydrogens is 366 g/mol. The maximum absolute atomic E-state index is 13.8. The summed E-state index contributed by atoms with van der Waals surface area (Å²) in [7, 11) is 0. The molecule has 7 heteroatoms. The molecule has 148 valence electrons. The summed E-state index contributed by atoms with van der Waals surface area (Å²) in [6.45, 7) is 5.01. The highest BCUT2D eigenvalue weighted by Crippen LogP contribution is 2.27. The van der Waals surface area contributed by atoms with Crippen LogP contribution < -0.4 is 0 Å². The number of piperazine rings is 1. The highest BCUT2D eigenvalue weighted by Gasteiger charge is 2.27. The topological polar surface area (TPSA) is 60.9 Å². The predicted octanol–water partition coefficient (Wildman–Crippen LogP) is 3.39. The van der Waals surface area contributed by atoms with Crippen LogP contribution in [0.25, 0.3) is 0 Å². The van der Waals surface area contributed by atoms with E-state index in [4.69, 9.17) is 0 Å². The minimum atomic E-state index is -0.895. The van der Waals surface area contributed by atoms with Gasteiger partial charge in [0, 0.05) is 37.8 Å². The summed E-state index contributed by atoms with van der Waals surface area (Å²) in [5.41, 5.74) is 0.999. The van der Waals surface area contributed by atoms with Crippen LogP contribution in [-0.2, 0) is 0 Å². The Morgan fingerprint density at radius 3 is 2.11 bits per heavy atom. The van der Waals surface area contributed by atoms with Gasteiger partial charge in [0.15, 0.2) is 0 Å². The van der Waals surface area contributed by atoms with Gasteiger partial charge in [-0.1, -0.05) is 13.8 Å². The quantitative estimate of drug-likeness (QED) is 0.877. The molecule has 1 aliphatic rings. The number of amides is 2. The molecule has 28 heavy (non-hydrogen) atoms. The molecule has 0 aromatic heterocycles. The van der Waals surface area contributed by atoms with Crippen LogP contribution in [0.2, 0.25) is 0 Å². The number of carbonyl (C=O) groups is 2. The van der Waals surface area contributed by atoms with E-state index in [2.05, 4.69) is 0 Å². The van der Waals surface area contributed by atoms with Crippen LogP contribution in [0.3, 0.4) is 0 Å². The standard InChI is InChI=1S/C21H22F2N2O3/c1-13(2)17-11-14(3-6-19(17)26)20(27)24-7-9-25(10-8-24)21(28)16-5-4-15(22)12-18(16)23/h3-6,11-13,26H,7-10H2,1-2H3. The fraction of sp³-hybridized carbons (Fsp3) is 0.333. The SMILES string of the molecule is CC(C)c1cc(C(=O)N2CCN(C(=O)c3ccc(F)cc3F)CC2)ccc1O. The summed E-state index contributed by atoms with van der Waals surface area (Å²) in [4.78, 5) is 28.3. The second kappa shape index (κ2) is 7.96. The molecule has 1 N–H and O–H groups in total. The van der Waals surface area contributed by atoms with Gasteiger partial charge in [-0.25, -0.2) is 8.78 Å². The zero-order valence-electron chi connectivity index (χ0n) is 15.8. The molecule has 0 spiro atoms. The fourth-order valence-electron chi connectivity index (χ4n) is 3.28. The van der Waals surface area contributed by atoms with E-state index in [1.165, 1.54) is 11.0 Å². The van der Waals surface area contributed by atoms with Crippen molar-refractivity contribution in [1.82, 2.24) is 9.80 Å². The van der Waals surface area contributed by atoms with E-state index in [0.717, 1.165) is 12.1 Å². The largest absolute Gasteiger partial charge is 0.508 e. The van der Waals surface area contributed by atoms with Gasteiger partial charge in [0.2, 0.25) is 0 Å². The Hall–Kier alpha value is -2.96. The molecule has 1 aliphatic heterocycles. The molecule has 2 aromatic carbocycles. The first-order valence-corrected chi connectivity index (χ1v) is 9.14. The van der Waals surface area contributed by atoms with Crippen molar-refractivity contribution in [3.05, 3.63) is 64.7 Å². The van der Waals surface area contributed by atoms with Crippen LogP contribution in [0.4, 0.5) is 8.78 Å². The van der Waals surface area contributed by atoms with Crippen LogP contribution in [0.1, 0.15) is 46.0 Å². The number of hydrogen-bond acceptors (Lipinski definition) is 3. The highest BCUT2D eigenvalue weighted by atomic mass is 19.1. The number of hydrogen-bond donors (Lipinski definition) is 1. The summed E-state index contributed by atoms with van der Waals surface area (Å²) in [5, 5.41) is 9.92. The van der Waals surface area contributed by atoms with E-state index < -0.39 is 17.5 Å². The Morgan fingerprint density at radius 1 is 0.929 bits per heavy atom. The zero-order chi connectivity index (χ0) is 20.4. The van der Waals surface area contributed by atoms with Crippen molar-refractivity contribution in [1.29, 1.82) is 0 Å². The minimum absolute atomic E-state index is 0.0767. The second-order valence-corrected chi connectivity index (χ2v) is 7.14. The molecule has 0 saturated carbocycles. The van der Waals surface area contributed by atoms with Crippen molar-refractivity contribution in [2.45, 2.75) is 19.8 Å². The first kappa shape index (κ1) is 19.8. The maximum Gasteiger partial charge on any atom is 0.256 e. The van der Waals surface area contributed by atoms with Crippen molar-refractivity contribution < 1.29 is 23.5 Å². The Kier molecular flexibility index (Phi) is 5.63. The van der Waals surface area contributed by atoms with Gasteiger partial charge in [0.05, 0.1) is 5.56 Å². The van der Waals surface area contributed by atoms with Crippen LogP contribution in [-0.4, -0.2) is 52.9 Å². The number of benzene rings is 2. The predicted molar refractivity (Wildman–Crippen MR) is 100 cm³/mol. The number of carbonyl (C=O) groups excluding carboxylic acids is 2. The molecule has 0 aliphatic carbocycles. The van der Waals surface area contributed by atoms with E-state index in [1.54, 1.807) is 17.0 Å². The summed E-state index contributed by atoms with van der Waals surface area (Å²) >= 11 is 0. The molecule has 2 amide bonds. The molecule has 2 aromatic rings. The Balaban J connectivity index is 1.67. The Morgan fingerprint density at radius 2 is 1.54 bits per heavy atom.